The van der Waals surface area contributed by atoms with Crippen LogP contribution in [0, 0.1) is 13.8 Å². The molecular weight excluding hydrogens is 308 g/mol. The Balaban J connectivity index is 2.01. The molecule has 0 saturated heterocycles. The lowest BCUT2D eigenvalue weighted by Crippen LogP contribution is -2.30. The van der Waals surface area contributed by atoms with Crippen molar-refractivity contribution in [3.05, 3.63) is 52.8 Å². The van der Waals surface area contributed by atoms with Gasteiger partial charge < -0.3 is 15.0 Å². The van der Waals surface area contributed by atoms with Crippen molar-refractivity contribution in [1.29, 1.82) is 0 Å². The molecule has 0 aliphatic heterocycles. The molecule has 0 aliphatic rings. The molecule has 0 aliphatic carbocycles. The van der Waals surface area contributed by atoms with Gasteiger partial charge in [-0.3, -0.25) is 9.59 Å². The molecule has 1 amide bonds. The van der Waals surface area contributed by atoms with Crippen molar-refractivity contribution in [2.24, 2.45) is 0 Å². The summed E-state index contributed by atoms with van der Waals surface area (Å²) in [5.41, 5.74) is 3.13. The van der Waals surface area contributed by atoms with Crippen molar-refractivity contribution in [3.63, 3.8) is 0 Å². The Morgan fingerprint density at radius 1 is 1.17 bits per heavy atom. The molecule has 24 heavy (non-hydrogen) atoms. The summed E-state index contributed by atoms with van der Waals surface area (Å²) in [7, 11) is 0. The average molecular weight is 328 g/mol. The van der Waals surface area contributed by atoms with E-state index >= 15 is 0 Å². The monoisotopic (exact) mass is 328 g/mol. The van der Waals surface area contributed by atoms with Gasteiger partial charge in [-0.1, -0.05) is 12.1 Å². The first-order chi connectivity index (χ1) is 11.3. The zero-order chi connectivity index (χ0) is 17.9. The molecule has 2 aromatic rings. The van der Waals surface area contributed by atoms with Crippen LogP contribution in [0.1, 0.15) is 45.8 Å². The van der Waals surface area contributed by atoms with Gasteiger partial charge in [-0.2, -0.15) is 0 Å². The molecule has 0 radical (unpaired) electrons. The first kappa shape index (κ1) is 17.5. The van der Waals surface area contributed by atoms with E-state index in [1.807, 2.05) is 32.0 Å². The van der Waals surface area contributed by atoms with Gasteiger partial charge in [0.1, 0.15) is 5.69 Å². The second-order valence-electron chi connectivity index (χ2n) is 5.71. The molecule has 6 heteroatoms. The van der Waals surface area contributed by atoms with Crippen molar-refractivity contribution in [2.45, 2.75) is 33.8 Å². The first-order valence-electron chi connectivity index (χ1n) is 7.56. The summed E-state index contributed by atoms with van der Waals surface area (Å²) in [6.07, 6.45) is 0.459. The lowest BCUT2D eigenvalue weighted by Gasteiger charge is -2.14. The van der Waals surface area contributed by atoms with E-state index < -0.39 is 18.0 Å². The number of aryl methyl sites for hydroxylation is 2. The van der Waals surface area contributed by atoms with Gasteiger partial charge in [0.2, 0.25) is 0 Å². The molecule has 0 bridgehead atoms. The summed E-state index contributed by atoms with van der Waals surface area (Å²) in [5, 5.41) is 2.75. The Morgan fingerprint density at radius 2 is 1.88 bits per heavy atom. The SMILES string of the molecule is CC(=O)c1c[nH]c(C(=O)O[C@@H](C)C(=O)Nc2cc(C)ccc2C)c1. The number of Topliss-reactive ketones (excluding diaryl/α,β-unsaturated/α-hetero) is 1. The Bertz CT molecular complexity index is 792. The fourth-order valence-corrected chi connectivity index (χ4v) is 2.10. The number of ether oxygens (including phenoxy) is 1. The first-order valence-corrected chi connectivity index (χ1v) is 7.56. The number of nitrogens with one attached hydrogen (secondary N) is 2. The second kappa shape index (κ2) is 7.12. The highest BCUT2D eigenvalue weighted by atomic mass is 16.5. The average Bonchev–Trinajstić information content (AvgIpc) is 3.01. The molecule has 6 nitrogen and oxygen atoms in total. The number of ketones is 1. The standard InChI is InChI=1S/C18H20N2O4/c1-10-5-6-11(2)15(7-10)20-17(22)13(4)24-18(23)16-8-14(9-19-16)12(3)21/h5-9,13,19H,1-4H3,(H,20,22)/t13-/m0/s1. The van der Waals surface area contributed by atoms with E-state index in [0.717, 1.165) is 11.1 Å². The zero-order valence-corrected chi connectivity index (χ0v) is 14.1. The van der Waals surface area contributed by atoms with Gasteiger partial charge >= 0.3 is 5.97 Å². The number of anilines is 1. The van der Waals surface area contributed by atoms with E-state index in [2.05, 4.69) is 10.3 Å². The third-order valence-corrected chi connectivity index (χ3v) is 3.61. The van der Waals surface area contributed by atoms with Gasteiger partial charge in [-0.15, -0.1) is 0 Å². The number of carbonyl (C=O) groups excluding carboxylic acids is 3. The Labute approximate surface area is 140 Å². The maximum Gasteiger partial charge on any atom is 0.355 e. The van der Waals surface area contributed by atoms with E-state index in [1.54, 1.807) is 0 Å². The van der Waals surface area contributed by atoms with Crippen LogP contribution in [0.25, 0.3) is 0 Å². The Kier molecular flexibility index (Phi) is 5.18. The minimum Gasteiger partial charge on any atom is -0.448 e. The number of hydrogen-bond donors (Lipinski definition) is 2. The van der Waals surface area contributed by atoms with Crippen LogP contribution in [0.5, 0.6) is 0 Å². The van der Waals surface area contributed by atoms with Crippen molar-refractivity contribution < 1.29 is 19.1 Å². The van der Waals surface area contributed by atoms with E-state index in [0.29, 0.717) is 11.3 Å². The summed E-state index contributed by atoms with van der Waals surface area (Å²) in [6.45, 7) is 6.70. The normalized spacial score (nSPS) is 11.7. The third kappa shape index (κ3) is 4.10. The maximum absolute atomic E-state index is 12.2. The van der Waals surface area contributed by atoms with Crippen molar-refractivity contribution in [3.8, 4) is 0 Å². The molecule has 2 rings (SSSR count). The summed E-state index contributed by atoms with van der Waals surface area (Å²) >= 11 is 0. The lowest BCUT2D eigenvalue weighted by atomic mass is 10.1. The smallest absolute Gasteiger partial charge is 0.355 e. The van der Waals surface area contributed by atoms with Crippen LogP contribution in [-0.2, 0) is 9.53 Å². The summed E-state index contributed by atoms with van der Waals surface area (Å²) in [6, 6.07) is 7.11. The largest absolute Gasteiger partial charge is 0.448 e. The molecule has 1 aromatic heterocycles. The summed E-state index contributed by atoms with van der Waals surface area (Å²) in [4.78, 5) is 38.1. The number of rotatable bonds is 5. The lowest BCUT2D eigenvalue weighted by molar-refractivity contribution is -0.123. The number of hydrogen-bond acceptors (Lipinski definition) is 4. The van der Waals surface area contributed by atoms with Crippen molar-refractivity contribution >= 4 is 23.3 Å². The quantitative estimate of drug-likeness (QED) is 0.652. The number of esters is 1. The highest BCUT2D eigenvalue weighted by molar-refractivity contribution is 5.99. The van der Waals surface area contributed by atoms with Gasteiger partial charge in [0, 0.05) is 17.4 Å². The van der Waals surface area contributed by atoms with Crippen molar-refractivity contribution in [1.82, 2.24) is 4.98 Å². The fraction of sp³-hybridized carbons (Fsp3) is 0.278. The van der Waals surface area contributed by atoms with Gasteiger partial charge in [-0.25, -0.2) is 4.79 Å². The van der Waals surface area contributed by atoms with Crippen LogP contribution in [0.3, 0.4) is 0 Å². The molecule has 0 fully saturated rings. The number of benzene rings is 1. The van der Waals surface area contributed by atoms with Gasteiger partial charge in [-0.05, 0) is 51.0 Å². The highest BCUT2D eigenvalue weighted by Gasteiger charge is 2.21. The summed E-state index contributed by atoms with van der Waals surface area (Å²) in [5.74, 6) is -1.27. The second-order valence-corrected chi connectivity index (χ2v) is 5.71. The Morgan fingerprint density at radius 3 is 2.50 bits per heavy atom. The van der Waals surface area contributed by atoms with E-state index in [1.165, 1.54) is 26.1 Å². The topological polar surface area (TPSA) is 88.3 Å². The molecule has 1 atom stereocenters. The van der Waals surface area contributed by atoms with Gasteiger partial charge in [0.15, 0.2) is 11.9 Å². The minimum absolute atomic E-state index is 0.131. The van der Waals surface area contributed by atoms with E-state index in [9.17, 15) is 14.4 Å². The number of aromatic nitrogens is 1. The van der Waals surface area contributed by atoms with E-state index in [4.69, 9.17) is 4.74 Å². The Hall–Kier alpha value is -2.89. The van der Waals surface area contributed by atoms with Crippen LogP contribution >= 0.6 is 0 Å². The number of H-pyrrole nitrogens is 1. The minimum atomic E-state index is -0.971. The number of carbonyl (C=O) groups is 3. The predicted molar refractivity (Wildman–Crippen MR) is 90.2 cm³/mol. The van der Waals surface area contributed by atoms with Crippen LogP contribution in [0.4, 0.5) is 5.69 Å². The molecule has 0 unspecified atom stereocenters. The van der Waals surface area contributed by atoms with Crippen LogP contribution in [-0.4, -0.2) is 28.7 Å². The predicted octanol–water partition coefficient (Wildman–Crippen LogP) is 3.02. The highest BCUT2D eigenvalue weighted by Crippen LogP contribution is 2.17. The molecule has 1 aromatic carbocycles. The van der Waals surface area contributed by atoms with Crippen LogP contribution < -0.4 is 5.32 Å². The van der Waals surface area contributed by atoms with E-state index in [-0.39, 0.29) is 11.5 Å². The van der Waals surface area contributed by atoms with Crippen LogP contribution in [0.2, 0.25) is 0 Å². The number of amides is 1. The maximum atomic E-state index is 12.2. The fourth-order valence-electron chi connectivity index (χ4n) is 2.10. The molecule has 1 heterocycles. The summed E-state index contributed by atoms with van der Waals surface area (Å²) < 4.78 is 5.14. The molecule has 2 N–H and O–H groups in total. The molecule has 0 spiro atoms. The molecule has 126 valence electrons. The van der Waals surface area contributed by atoms with Crippen molar-refractivity contribution in [2.75, 3.05) is 5.32 Å². The molecule has 0 saturated carbocycles. The number of aromatic amines is 1. The zero-order valence-electron chi connectivity index (χ0n) is 14.1. The van der Waals surface area contributed by atoms with Gasteiger partial charge in [0.05, 0.1) is 0 Å². The third-order valence-electron chi connectivity index (χ3n) is 3.61. The van der Waals surface area contributed by atoms with Crippen LogP contribution in [0.15, 0.2) is 30.5 Å². The molecular formula is C18H20N2O4. The van der Waals surface area contributed by atoms with Gasteiger partial charge in [0.25, 0.3) is 5.91 Å².